The average Bonchev–Trinajstić information content (AvgIpc) is 3.36. The summed E-state index contributed by atoms with van der Waals surface area (Å²) in [6.45, 7) is 4.65. The minimum Gasteiger partial charge on any atom is -0.481 e. The number of amides is 1. The smallest absolute Gasteiger partial charge is 0.264 e. The molecule has 0 saturated carbocycles. The van der Waals surface area contributed by atoms with Crippen LogP contribution in [0.5, 0.6) is 5.75 Å². The number of hydrogen-bond donors (Lipinski definition) is 0. The van der Waals surface area contributed by atoms with Crippen molar-refractivity contribution < 1.29 is 14.1 Å². The van der Waals surface area contributed by atoms with Crippen LogP contribution >= 0.6 is 11.3 Å². The van der Waals surface area contributed by atoms with Gasteiger partial charge in [-0.2, -0.15) is 4.98 Å². The number of ether oxygens (including phenoxy) is 1. The zero-order valence-corrected chi connectivity index (χ0v) is 15.6. The van der Waals surface area contributed by atoms with Crippen molar-refractivity contribution in [1.29, 1.82) is 0 Å². The summed E-state index contributed by atoms with van der Waals surface area (Å²) in [6, 6.07) is 13.2. The van der Waals surface area contributed by atoms with E-state index >= 15 is 0 Å². The molecule has 0 aliphatic heterocycles. The van der Waals surface area contributed by atoms with Crippen LogP contribution in [-0.2, 0) is 11.3 Å². The van der Waals surface area contributed by atoms with Gasteiger partial charge in [0.25, 0.3) is 5.91 Å². The number of rotatable bonds is 8. The van der Waals surface area contributed by atoms with E-state index < -0.39 is 6.10 Å². The van der Waals surface area contributed by atoms with E-state index in [-0.39, 0.29) is 12.5 Å². The monoisotopic (exact) mass is 371 g/mol. The molecular weight excluding hydrogens is 350 g/mol. The molecule has 0 unspecified atom stereocenters. The summed E-state index contributed by atoms with van der Waals surface area (Å²) in [5, 5.41) is 5.95. The third-order valence-electron chi connectivity index (χ3n) is 3.90. The first-order chi connectivity index (χ1) is 12.7. The summed E-state index contributed by atoms with van der Waals surface area (Å²) in [5.74, 6) is 1.56. The predicted molar refractivity (Wildman–Crippen MR) is 99.9 cm³/mol. The highest BCUT2D eigenvalue weighted by Gasteiger charge is 2.25. The zero-order valence-electron chi connectivity index (χ0n) is 14.8. The highest BCUT2D eigenvalue weighted by molar-refractivity contribution is 7.13. The SMILES string of the molecule is CC[C@H](Oc1ccccc1)C(=O)N(CC)Cc1nc(-c2cccs2)no1. The Labute approximate surface area is 156 Å². The van der Waals surface area contributed by atoms with Crippen LogP contribution in [0.4, 0.5) is 0 Å². The van der Waals surface area contributed by atoms with E-state index in [9.17, 15) is 4.79 Å². The molecule has 1 aromatic carbocycles. The van der Waals surface area contributed by atoms with Crippen molar-refractivity contribution >= 4 is 17.2 Å². The Balaban J connectivity index is 1.68. The molecule has 26 heavy (non-hydrogen) atoms. The Morgan fingerprint density at radius 1 is 1.23 bits per heavy atom. The molecule has 1 atom stereocenters. The van der Waals surface area contributed by atoms with E-state index in [0.717, 1.165) is 4.88 Å². The van der Waals surface area contributed by atoms with Crippen LogP contribution in [0.15, 0.2) is 52.4 Å². The number of thiophene rings is 1. The summed E-state index contributed by atoms with van der Waals surface area (Å²) in [6.07, 6.45) is 0.0335. The van der Waals surface area contributed by atoms with Gasteiger partial charge in [0.2, 0.25) is 11.7 Å². The summed E-state index contributed by atoms with van der Waals surface area (Å²) in [4.78, 5) is 19.9. The van der Waals surface area contributed by atoms with Gasteiger partial charge in [-0.1, -0.05) is 36.3 Å². The van der Waals surface area contributed by atoms with Crippen molar-refractivity contribution in [2.75, 3.05) is 6.54 Å². The van der Waals surface area contributed by atoms with E-state index in [1.807, 2.05) is 61.7 Å². The fourth-order valence-corrected chi connectivity index (χ4v) is 3.16. The van der Waals surface area contributed by atoms with Crippen molar-refractivity contribution in [1.82, 2.24) is 15.0 Å². The maximum atomic E-state index is 12.9. The molecule has 0 saturated heterocycles. The topological polar surface area (TPSA) is 68.5 Å². The molecule has 0 N–H and O–H groups in total. The lowest BCUT2D eigenvalue weighted by Gasteiger charge is -2.25. The second kappa shape index (κ2) is 8.62. The molecule has 0 fully saturated rings. The normalized spacial score (nSPS) is 11.9. The van der Waals surface area contributed by atoms with Crippen LogP contribution in [-0.4, -0.2) is 33.6 Å². The quantitative estimate of drug-likeness (QED) is 0.598. The summed E-state index contributed by atoms with van der Waals surface area (Å²) >= 11 is 1.54. The highest BCUT2D eigenvalue weighted by Crippen LogP contribution is 2.22. The minimum absolute atomic E-state index is 0.0882. The Morgan fingerprint density at radius 2 is 2.04 bits per heavy atom. The summed E-state index contributed by atoms with van der Waals surface area (Å²) in [7, 11) is 0. The molecule has 1 amide bonds. The third kappa shape index (κ3) is 4.29. The second-order valence-corrected chi connectivity index (χ2v) is 6.62. The molecule has 0 aliphatic rings. The fourth-order valence-electron chi connectivity index (χ4n) is 2.51. The molecule has 6 nitrogen and oxygen atoms in total. The number of benzene rings is 1. The van der Waals surface area contributed by atoms with Gasteiger partial charge < -0.3 is 14.2 Å². The molecule has 3 rings (SSSR count). The Kier molecular flexibility index (Phi) is 6.01. The number of carbonyl (C=O) groups excluding carboxylic acids is 1. The number of carbonyl (C=O) groups is 1. The van der Waals surface area contributed by atoms with E-state index in [2.05, 4.69) is 10.1 Å². The summed E-state index contributed by atoms with van der Waals surface area (Å²) < 4.78 is 11.2. The van der Waals surface area contributed by atoms with Gasteiger partial charge in [-0.3, -0.25) is 4.79 Å². The van der Waals surface area contributed by atoms with Crippen molar-refractivity contribution in [2.45, 2.75) is 32.9 Å². The largest absolute Gasteiger partial charge is 0.481 e. The number of hydrogen-bond acceptors (Lipinski definition) is 6. The van der Waals surface area contributed by atoms with Crippen LogP contribution in [0, 0.1) is 0 Å². The second-order valence-electron chi connectivity index (χ2n) is 5.67. The molecular formula is C19H21N3O3S. The number of nitrogens with zero attached hydrogens (tertiary/aromatic N) is 3. The van der Waals surface area contributed by atoms with Crippen LogP contribution in [0.3, 0.4) is 0 Å². The molecule has 0 spiro atoms. The van der Waals surface area contributed by atoms with Gasteiger partial charge in [-0.15, -0.1) is 11.3 Å². The molecule has 0 bridgehead atoms. The molecule has 2 aromatic heterocycles. The fraction of sp³-hybridized carbons (Fsp3) is 0.316. The van der Waals surface area contributed by atoms with E-state index in [1.54, 1.807) is 16.2 Å². The van der Waals surface area contributed by atoms with Crippen molar-refractivity contribution in [2.24, 2.45) is 0 Å². The van der Waals surface area contributed by atoms with Crippen LogP contribution in [0.25, 0.3) is 10.7 Å². The van der Waals surface area contributed by atoms with Gasteiger partial charge in [-0.05, 0) is 36.9 Å². The lowest BCUT2D eigenvalue weighted by atomic mass is 10.2. The maximum Gasteiger partial charge on any atom is 0.264 e. The van der Waals surface area contributed by atoms with E-state index in [4.69, 9.17) is 9.26 Å². The number of likely N-dealkylation sites (N-methyl/N-ethyl adjacent to an activating group) is 1. The van der Waals surface area contributed by atoms with Crippen molar-refractivity contribution in [3.8, 4) is 16.5 Å². The lowest BCUT2D eigenvalue weighted by molar-refractivity contribution is -0.139. The van der Waals surface area contributed by atoms with Gasteiger partial charge in [0.15, 0.2) is 6.10 Å². The summed E-state index contributed by atoms with van der Waals surface area (Å²) in [5.41, 5.74) is 0. The maximum absolute atomic E-state index is 12.9. The standard InChI is InChI=1S/C19H21N3O3S/c1-3-15(24-14-9-6-5-7-10-14)19(23)22(4-2)13-17-20-18(21-25-17)16-11-8-12-26-16/h5-12,15H,3-4,13H2,1-2H3/t15-/m0/s1. The Morgan fingerprint density at radius 3 is 2.69 bits per heavy atom. The zero-order chi connectivity index (χ0) is 18.4. The number of para-hydroxylation sites is 1. The average molecular weight is 371 g/mol. The van der Waals surface area contributed by atoms with E-state index in [1.165, 1.54) is 0 Å². The lowest BCUT2D eigenvalue weighted by Crippen LogP contribution is -2.41. The molecule has 0 radical (unpaired) electrons. The molecule has 3 aromatic rings. The molecule has 136 valence electrons. The number of aromatic nitrogens is 2. The minimum atomic E-state index is -0.544. The first kappa shape index (κ1) is 18.1. The van der Waals surface area contributed by atoms with Gasteiger partial charge in [-0.25, -0.2) is 0 Å². The Bertz CT molecular complexity index is 818. The van der Waals surface area contributed by atoms with Crippen molar-refractivity contribution in [3.05, 3.63) is 53.7 Å². The van der Waals surface area contributed by atoms with Gasteiger partial charge >= 0.3 is 0 Å². The molecule has 0 aliphatic carbocycles. The van der Waals surface area contributed by atoms with Crippen LogP contribution < -0.4 is 4.74 Å². The van der Waals surface area contributed by atoms with Gasteiger partial charge in [0, 0.05) is 6.54 Å². The predicted octanol–water partition coefficient (Wildman–Crippen LogP) is 4.00. The first-order valence-electron chi connectivity index (χ1n) is 8.58. The molecule has 7 heteroatoms. The Hall–Kier alpha value is -2.67. The van der Waals surface area contributed by atoms with Gasteiger partial charge in [0.1, 0.15) is 12.3 Å². The van der Waals surface area contributed by atoms with E-state index in [0.29, 0.717) is 30.4 Å². The van der Waals surface area contributed by atoms with Gasteiger partial charge in [0.05, 0.1) is 4.88 Å². The third-order valence-corrected chi connectivity index (χ3v) is 4.76. The highest BCUT2D eigenvalue weighted by atomic mass is 32.1. The first-order valence-corrected chi connectivity index (χ1v) is 9.46. The molecule has 2 heterocycles. The van der Waals surface area contributed by atoms with Crippen LogP contribution in [0.1, 0.15) is 26.2 Å². The van der Waals surface area contributed by atoms with Crippen molar-refractivity contribution in [3.63, 3.8) is 0 Å². The van der Waals surface area contributed by atoms with Crippen LogP contribution in [0.2, 0.25) is 0 Å².